The molecule has 1 aliphatic heterocycles. The highest BCUT2D eigenvalue weighted by Gasteiger charge is 2.28. The molecule has 1 aromatic rings. The number of nitrogens with zero attached hydrogens (tertiary/aromatic N) is 2. The number of likely N-dealkylation sites (tertiary alicyclic amines) is 1. The van der Waals surface area contributed by atoms with Crippen molar-refractivity contribution >= 4 is 5.91 Å². The maximum atomic E-state index is 11.8. The van der Waals surface area contributed by atoms with Gasteiger partial charge in [-0.05, 0) is 24.9 Å². The summed E-state index contributed by atoms with van der Waals surface area (Å²) >= 11 is 0. The summed E-state index contributed by atoms with van der Waals surface area (Å²) in [4.78, 5) is 13.5. The Kier molecular flexibility index (Phi) is 3.63. The zero-order valence-corrected chi connectivity index (χ0v) is 9.76. The first-order valence-electron chi connectivity index (χ1n) is 5.67. The monoisotopic (exact) mass is 240 g/mol. The summed E-state index contributed by atoms with van der Waals surface area (Å²) in [6.07, 6.45) is 1.78. The lowest BCUT2D eigenvalue weighted by atomic mass is 10.2. The first-order chi connectivity index (χ1) is 8.20. The lowest BCUT2D eigenvalue weighted by Crippen LogP contribution is -2.40. The summed E-state index contributed by atoms with van der Waals surface area (Å²) in [5, 5.41) is 12.7. The van der Waals surface area contributed by atoms with Gasteiger partial charge in [0.25, 0.3) is 11.8 Å². The van der Waals surface area contributed by atoms with Crippen molar-refractivity contribution in [3.05, 3.63) is 11.8 Å². The molecule has 0 bridgehead atoms. The van der Waals surface area contributed by atoms with E-state index in [4.69, 9.17) is 14.4 Å². The number of carbonyl (C=O) groups is 1. The molecule has 0 aromatic carbocycles. The van der Waals surface area contributed by atoms with Gasteiger partial charge in [0.05, 0.1) is 12.6 Å². The van der Waals surface area contributed by atoms with E-state index in [1.165, 1.54) is 0 Å². The minimum atomic E-state index is -0.123. The number of aliphatic hydroxyl groups is 1. The van der Waals surface area contributed by atoms with Crippen LogP contribution in [-0.2, 0) is 4.79 Å². The molecule has 1 fully saturated rings. The molecule has 6 heteroatoms. The van der Waals surface area contributed by atoms with E-state index in [1.54, 1.807) is 17.9 Å². The second kappa shape index (κ2) is 5.18. The van der Waals surface area contributed by atoms with Crippen LogP contribution in [0, 0.1) is 6.92 Å². The van der Waals surface area contributed by atoms with Gasteiger partial charge in [0.15, 0.2) is 6.61 Å². The normalized spacial score (nSPS) is 19.6. The number of ether oxygens (including phenoxy) is 1. The van der Waals surface area contributed by atoms with Gasteiger partial charge in [-0.25, -0.2) is 0 Å². The van der Waals surface area contributed by atoms with Gasteiger partial charge in [-0.2, -0.15) is 0 Å². The van der Waals surface area contributed by atoms with Gasteiger partial charge in [-0.3, -0.25) is 4.79 Å². The molecule has 1 amide bonds. The van der Waals surface area contributed by atoms with Gasteiger partial charge < -0.3 is 19.3 Å². The van der Waals surface area contributed by atoms with Crippen LogP contribution in [0.2, 0.25) is 0 Å². The zero-order chi connectivity index (χ0) is 12.3. The molecule has 1 aromatic heterocycles. The van der Waals surface area contributed by atoms with E-state index in [0.717, 1.165) is 12.8 Å². The van der Waals surface area contributed by atoms with E-state index in [-0.39, 0.29) is 25.2 Å². The fourth-order valence-electron chi connectivity index (χ4n) is 1.98. The third kappa shape index (κ3) is 2.76. The highest BCUT2D eigenvalue weighted by atomic mass is 16.5. The zero-order valence-electron chi connectivity index (χ0n) is 9.76. The highest BCUT2D eigenvalue weighted by Crippen LogP contribution is 2.17. The van der Waals surface area contributed by atoms with Gasteiger partial charge in [0, 0.05) is 12.6 Å². The number of hydrogen-bond acceptors (Lipinski definition) is 5. The van der Waals surface area contributed by atoms with Crippen LogP contribution in [0.3, 0.4) is 0 Å². The average Bonchev–Trinajstić information content (AvgIpc) is 2.94. The number of amides is 1. The molecule has 0 saturated carbocycles. The Labute approximate surface area is 99.1 Å². The Balaban J connectivity index is 1.84. The van der Waals surface area contributed by atoms with Crippen molar-refractivity contribution in [2.45, 2.75) is 25.8 Å². The van der Waals surface area contributed by atoms with E-state index in [2.05, 4.69) is 5.16 Å². The first-order valence-corrected chi connectivity index (χ1v) is 5.67. The third-order valence-electron chi connectivity index (χ3n) is 2.86. The maximum absolute atomic E-state index is 11.8. The van der Waals surface area contributed by atoms with E-state index in [9.17, 15) is 4.79 Å². The Morgan fingerprint density at radius 1 is 1.76 bits per heavy atom. The standard InChI is InChI=1S/C11H16N2O4/c1-8-5-10(12-17-8)16-7-11(15)13-4-2-3-9(13)6-14/h5,9,14H,2-4,6-7H2,1H3/t9-/m0/s1. The Hall–Kier alpha value is -1.56. The van der Waals surface area contributed by atoms with Crippen molar-refractivity contribution < 1.29 is 19.2 Å². The van der Waals surface area contributed by atoms with Crippen LogP contribution < -0.4 is 4.74 Å². The number of hydrogen-bond donors (Lipinski definition) is 1. The number of aliphatic hydroxyl groups excluding tert-OH is 1. The van der Waals surface area contributed by atoms with Crippen molar-refractivity contribution in [2.75, 3.05) is 19.8 Å². The van der Waals surface area contributed by atoms with Crippen molar-refractivity contribution in [3.8, 4) is 5.88 Å². The number of carbonyl (C=O) groups excluding carboxylic acids is 1. The van der Waals surface area contributed by atoms with Crippen molar-refractivity contribution in [1.29, 1.82) is 0 Å². The molecule has 17 heavy (non-hydrogen) atoms. The second-order valence-electron chi connectivity index (χ2n) is 4.13. The predicted octanol–water partition coefficient (Wildman–Crippen LogP) is 0.345. The first kappa shape index (κ1) is 11.9. The van der Waals surface area contributed by atoms with Crippen LogP contribution in [0.4, 0.5) is 0 Å². The van der Waals surface area contributed by atoms with Crippen LogP contribution in [0.25, 0.3) is 0 Å². The predicted molar refractivity (Wildman–Crippen MR) is 58.6 cm³/mol. The van der Waals surface area contributed by atoms with Crippen LogP contribution in [0.15, 0.2) is 10.6 Å². The SMILES string of the molecule is Cc1cc(OCC(=O)N2CCC[C@H]2CO)no1. The fourth-order valence-corrected chi connectivity index (χ4v) is 1.98. The van der Waals surface area contributed by atoms with Gasteiger partial charge >= 0.3 is 0 Å². The Morgan fingerprint density at radius 3 is 3.24 bits per heavy atom. The molecule has 1 saturated heterocycles. The van der Waals surface area contributed by atoms with Crippen LogP contribution >= 0.6 is 0 Å². The number of aromatic nitrogens is 1. The largest absolute Gasteiger partial charge is 0.465 e. The van der Waals surface area contributed by atoms with Crippen molar-refractivity contribution in [3.63, 3.8) is 0 Å². The summed E-state index contributed by atoms with van der Waals surface area (Å²) in [6, 6.07) is 1.56. The quantitative estimate of drug-likeness (QED) is 0.821. The third-order valence-corrected chi connectivity index (χ3v) is 2.86. The molecule has 2 rings (SSSR count). The number of aryl methyl sites for hydroxylation is 1. The number of rotatable bonds is 4. The molecule has 1 N–H and O–H groups in total. The fraction of sp³-hybridized carbons (Fsp3) is 0.636. The van der Waals surface area contributed by atoms with Gasteiger partial charge in [0.1, 0.15) is 5.76 Å². The van der Waals surface area contributed by atoms with E-state index in [1.807, 2.05) is 0 Å². The van der Waals surface area contributed by atoms with E-state index >= 15 is 0 Å². The lowest BCUT2D eigenvalue weighted by molar-refractivity contribution is -0.135. The smallest absolute Gasteiger partial charge is 0.260 e. The molecule has 0 spiro atoms. The molecule has 0 aliphatic carbocycles. The average molecular weight is 240 g/mol. The molecule has 2 heterocycles. The lowest BCUT2D eigenvalue weighted by Gasteiger charge is -2.22. The molecular formula is C11H16N2O4. The molecule has 0 radical (unpaired) electrons. The summed E-state index contributed by atoms with van der Waals surface area (Å²) in [6.45, 7) is 2.38. The molecular weight excluding hydrogens is 224 g/mol. The molecule has 1 aliphatic rings. The van der Waals surface area contributed by atoms with Gasteiger partial charge in [0.2, 0.25) is 0 Å². The van der Waals surface area contributed by atoms with E-state index < -0.39 is 0 Å². The van der Waals surface area contributed by atoms with Crippen molar-refractivity contribution in [1.82, 2.24) is 10.1 Å². The minimum Gasteiger partial charge on any atom is -0.465 e. The summed E-state index contributed by atoms with van der Waals surface area (Å²) in [5.74, 6) is 0.833. The van der Waals surface area contributed by atoms with Crippen LogP contribution in [0.5, 0.6) is 5.88 Å². The van der Waals surface area contributed by atoms with Gasteiger partial charge in [-0.1, -0.05) is 0 Å². The van der Waals surface area contributed by atoms with Gasteiger partial charge in [-0.15, -0.1) is 0 Å². The maximum Gasteiger partial charge on any atom is 0.260 e. The summed E-state index contributed by atoms with van der Waals surface area (Å²) in [7, 11) is 0. The second-order valence-corrected chi connectivity index (χ2v) is 4.13. The molecule has 1 atom stereocenters. The Bertz CT molecular complexity index is 391. The van der Waals surface area contributed by atoms with Crippen LogP contribution in [0.1, 0.15) is 18.6 Å². The van der Waals surface area contributed by atoms with Crippen molar-refractivity contribution in [2.24, 2.45) is 0 Å². The van der Waals surface area contributed by atoms with Crippen LogP contribution in [-0.4, -0.2) is 46.9 Å². The Morgan fingerprint density at radius 2 is 2.59 bits per heavy atom. The van der Waals surface area contributed by atoms with E-state index in [0.29, 0.717) is 18.2 Å². The molecule has 94 valence electrons. The molecule has 0 unspecified atom stereocenters. The summed E-state index contributed by atoms with van der Waals surface area (Å²) in [5.41, 5.74) is 0. The minimum absolute atomic E-state index is 0.00874. The highest BCUT2D eigenvalue weighted by molar-refractivity contribution is 5.78. The topological polar surface area (TPSA) is 75.8 Å². The molecule has 6 nitrogen and oxygen atoms in total. The summed E-state index contributed by atoms with van der Waals surface area (Å²) < 4.78 is 10.0.